The van der Waals surface area contributed by atoms with Crippen LogP contribution < -0.4 is 5.32 Å². The fraction of sp³-hybridized carbons (Fsp3) is 0.462. The molecule has 1 aromatic rings. The van der Waals surface area contributed by atoms with Gasteiger partial charge in [-0.15, -0.1) is 0 Å². The van der Waals surface area contributed by atoms with Crippen molar-refractivity contribution >= 4 is 5.78 Å². The monoisotopic (exact) mass is 203 g/mol. The molecule has 1 aliphatic carbocycles. The number of aryl methyl sites for hydroxylation is 1. The van der Waals surface area contributed by atoms with E-state index in [9.17, 15) is 4.79 Å². The summed E-state index contributed by atoms with van der Waals surface area (Å²) in [6.07, 6.45) is 4.01. The SMILES string of the molecule is O=C(CCc1ccccc1)CNC1CC1. The lowest BCUT2D eigenvalue weighted by atomic mass is 10.1. The van der Waals surface area contributed by atoms with Crippen LogP contribution in [-0.2, 0) is 11.2 Å². The summed E-state index contributed by atoms with van der Waals surface area (Å²) in [5.41, 5.74) is 1.25. The molecule has 0 aromatic heterocycles. The van der Waals surface area contributed by atoms with Crippen molar-refractivity contribution in [2.45, 2.75) is 31.7 Å². The molecule has 0 unspecified atom stereocenters. The molecular weight excluding hydrogens is 186 g/mol. The molecule has 0 spiro atoms. The number of benzene rings is 1. The summed E-state index contributed by atoms with van der Waals surface area (Å²) in [5.74, 6) is 0.325. The lowest BCUT2D eigenvalue weighted by Crippen LogP contribution is -2.24. The average molecular weight is 203 g/mol. The first-order valence-corrected chi connectivity index (χ1v) is 5.63. The third-order valence-electron chi connectivity index (χ3n) is 2.70. The van der Waals surface area contributed by atoms with Crippen LogP contribution in [0.5, 0.6) is 0 Å². The summed E-state index contributed by atoms with van der Waals surface area (Å²) in [4.78, 5) is 11.5. The molecule has 2 heteroatoms. The van der Waals surface area contributed by atoms with Crippen LogP contribution >= 0.6 is 0 Å². The Morgan fingerprint density at radius 1 is 1.27 bits per heavy atom. The molecule has 0 atom stereocenters. The number of rotatable bonds is 6. The van der Waals surface area contributed by atoms with Gasteiger partial charge < -0.3 is 5.32 Å². The second-order valence-electron chi connectivity index (χ2n) is 4.18. The van der Waals surface area contributed by atoms with Gasteiger partial charge in [-0.25, -0.2) is 0 Å². The predicted octanol–water partition coefficient (Wildman–Crippen LogP) is 1.94. The van der Waals surface area contributed by atoms with Crippen LogP contribution in [0.4, 0.5) is 0 Å². The van der Waals surface area contributed by atoms with Crippen molar-refractivity contribution < 1.29 is 4.79 Å². The second-order valence-corrected chi connectivity index (χ2v) is 4.18. The number of carbonyl (C=O) groups excluding carboxylic acids is 1. The van der Waals surface area contributed by atoms with Crippen molar-refractivity contribution in [2.75, 3.05) is 6.54 Å². The molecule has 0 bridgehead atoms. The Morgan fingerprint density at radius 3 is 2.67 bits per heavy atom. The van der Waals surface area contributed by atoms with E-state index in [0.717, 1.165) is 6.42 Å². The van der Waals surface area contributed by atoms with Crippen LogP contribution in [0.25, 0.3) is 0 Å². The summed E-state index contributed by atoms with van der Waals surface area (Å²) in [7, 11) is 0. The van der Waals surface area contributed by atoms with Gasteiger partial charge in [-0.3, -0.25) is 4.79 Å². The minimum absolute atomic E-state index is 0.325. The molecule has 2 rings (SSSR count). The van der Waals surface area contributed by atoms with E-state index < -0.39 is 0 Å². The lowest BCUT2D eigenvalue weighted by Gasteiger charge is -2.02. The number of nitrogens with one attached hydrogen (secondary N) is 1. The third-order valence-corrected chi connectivity index (χ3v) is 2.70. The fourth-order valence-electron chi connectivity index (χ4n) is 1.56. The van der Waals surface area contributed by atoms with Gasteiger partial charge in [0, 0.05) is 12.5 Å². The van der Waals surface area contributed by atoms with Crippen LogP contribution in [0, 0.1) is 0 Å². The van der Waals surface area contributed by atoms with Crippen LogP contribution in [0.1, 0.15) is 24.8 Å². The maximum Gasteiger partial charge on any atom is 0.146 e. The number of carbonyl (C=O) groups is 1. The molecule has 1 N–H and O–H groups in total. The van der Waals surface area contributed by atoms with Crippen LogP contribution in [-0.4, -0.2) is 18.4 Å². The van der Waals surface area contributed by atoms with E-state index in [1.807, 2.05) is 18.2 Å². The minimum atomic E-state index is 0.325. The van der Waals surface area contributed by atoms with Gasteiger partial charge in [-0.05, 0) is 24.8 Å². The first-order valence-electron chi connectivity index (χ1n) is 5.63. The number of hydrogen-bond acceptors (Lipinski definition) is 2. The zero-order valence-corrected chi connectivity index (χ0v) is 8.91. The third kappa shape index (κ3) is 3.84. The maximum atomic E-state index is 11.5. The Kier molecular flexibility index (Phi) is 3.51. The van der Waals surface area contributed by atoms with Crippen LogP contribution in [0.15, 0.2) is 30.3 Å². The topological polar surface area (TPSA) is 29.1 Å². The summed E-state index contributed by atoms with van der Waals surface area (Å²) >= 11 is 0. The van der Waals surface area contributed by atoms with E-state index in [1.54, 1.807) is 0 Å². The van der Waals surface area contributed by atoms with E-state index >= 15 is 0 Å². The van der Waals surface area contributed by atoms with Crippen molar-refractivity contribution in [3.05, 3.63) is 35.9 Å². The van der Waals surface area contributed by atoms with Gasteiger partial charge in [0.2, 0.25) is 0 Å². The van der Waals surface area contributed by atoms with Gasteiger partial charge >= 0.3 is 0 Å². The zero-order valence-electron chi connectivity index (χ0n) is 8.91. The van der Waals surface area contributed by atoms with Gasteiger partial charge in [0.25, 0.3) is 0 Å². The molecule has 2 nitrogen and oxygen atoms in total. The fourth-order valence-corrected chi connectivity index (χ4v) is 1.56. The lowest BCUT2D eigenvalue weighted by molar-refractivity contribution is -0.118. The van der Waals surface area contributed by atoms with Crippen LogP contribution in [0.2, 0.25) is 0 Å². The van der Waals surface area contributed by atoms with Crippen molar-refractivity contribution in [3.8, 4) is 0 Å². The normalized spacial score (nSPS) is 15.2. The largest absolute Gasteiger partial charge is 0.307 e. The summed E-state index contributed by atoms with van der Waals surface area (Å²) in [6.45, 7) is 0.553. The van der Waals surface area contributed by atoms with Gasteiger partial charge in [0.15, 0.2) is 0 Å². The molecule has 0 saturated heterocycles. The van der Waals surface area contributed by atoms with Crippen molar-refractivity contribution in [3.63, 3.8) is 0 Å². The molecule has 1 aromatic carbocycles. The van der Waals surface area contributed by atoms with Gasteiger partial charge in [0.1, 0.15) is 5.78 Å². The molecule has 1 fully saturated rings. The Hall–Kier alpha value is -1.15. The Bertz CT molecular complexity index is 317. The first-order chi connectivity index (χ1) is 7.34. The van der Waals surface area contributed by atoms with Gasteiger partial charge in [0.05, 0.1) is 6.54 Å². The Labute approximate surface area is 90.7 Å². The highest BCUT2D eigenvalue weighted by atomic mass is 16.1. The molecular formula is C13H17NO. The minimum Gasteiger partial charge on any atom is -0.307 e. The summed E-state index contributed by atoms with van der Waals surface area (Å²) in [5, 5.41) is 3.24. The molecule has 80 valence electrons. The standard InChI is InChI=1S/C13H17NO/c15-13(10-14-12-7-8-12)9-6-11-4-2-1-3-5-11/h1-5,12,14H,6-10H2. The molecule has 0 aliphatic heterocycles. The summed E-state index contributed by atoms with van der Waals surface area (Å²) in [6, 6.07) is 10.8. The highest BCUT2D eigenvalue weighted by molar-refractivity contribution is 5.80. The maximum absolute atomic E-state index is 11.5. The predicted molar refractivity (Wildman–Crippen MR) is 60.8 cm³/mol. The highest BCUT2D eigenvalue weighted by Gasteiger charge is 2.20. The van der Waals surface area contributed by atoms with E-state index in [0.29, 0.717) is 24.8 Å². The first kappa shape index (κ1) is 10.4. The number of Topliss-reactive ketones (excluding diaryl/α,β-unsaturated/α-hetero) is 1. The van der Waals surface area contributed by atoms with Crippen molar-refractivity contribution in [1.82, 2.24) is 5.32 Å². The van der Waals surface area contributed by atoms with E-state index in [-0.39, 0.29) is 0 Å². The van der Waals surface area contributed by atoms with E-state index in [1.165, 1.54) is 18.4 Å². The quantitative estimate of drug-likeness (QED) is 0.765. The number of ketones is 1. The van der Waals surface area contributed by atoms with Gasteiger partial charge in [-0.2, -0.15) is 0 Å². The van der Waals surface area contributed by atoms with Crippen molar-refractivity contribution in [2.24, 2.45) is 0 Å². The van der Waals surface area contributed by atoms with E-state index in [4.69, 9.17) is 0 Å². The molecule has 15 heavy (non-hydrogen) atoms. The molecule has 1 saturated carbocycles. The van der Waals surface area contributed by atoms with Crippen molar-refractivity contribution in [1.29, 1.82) is 0 Å². The Morgan fingerprint density at radius 2 is 2.00 bits per heavy atom. The van der Waals surface area contributed by atoms with Crippen LogP contribution in [0.3, 0.4) is 0 Å². The molecule has 0 radical (unpaired) electrons. The number of hydrogen-bond donors (Lipinski definition) is 1. The average Bonchev–Trinajstić information content (AvgIpc) is 3.09. The van der Waals surface area contributed by atoms with E-state index in [2.05, 4.69) is 17.4 Å². The second kappa shape index (κ2) is 5.08. The Balaban J connectivity index is 1.66. The molecule has 0 amide bonds. The smallest absolute Gasteiger partial charge is 0.146 e. The van der Waals surface area contributed by atoms with Gasteiger partial charge in [-0.1, -0.05) is 30.3 Å². The molecule has 1 aliphatic rings. The highest BCUT2D eigenvalue weighted by Crippen LogP contribution is 2.18. The summed E-state index contributed by atoms with van der Waals surface area (Å²) < 4.78 is 0. The zero-order chi connectivity index (χ0) is 10.5. The molecule has 0 heterocycles.